The second kappa shape index (κ2) is 10.3. The van der Waals surface area contributed by atoms with Gasteiger partial charge < -0.3 is 20.6 Å². The standard InChI is InChI=1S/C28H41FN4O3/c1-18-10-11-24(29)23-15-28(31-26(18)23,19-6-3-4-7-19)27(36)30-20-8-5-9-21(14-20)33-13-12-22(16-33)32(2)25(35)17-34/h10-11,19-22,31,34H,3-9,12-17H2,1-2H3,(H,30,36)/t20-,21+,22-,28?/m1/s1. The summed E-state index contributed by atoms with van der Waals surface area (Å²) in [5, 5.41) is 16.2. The third kappa shape index (κ3) is 4.62. The third-order valence-corrected chi connectivity index (χ3v) is 9.49. The highest BCUT2D eigenvalue weighted by Crippen LogP contribution is 2.46. The molecule has 2 saturated carbocycles. The summed E-state index contributed by atoms with van der Waals surface area (Å²) in [5.74, 6) is -0.212. The zero-order valence-corrected chi connectivity index (χ0v) is 21.7. The summed E-state index contributed by atoms with van der Waals surface area (Å²) < 4.78 is 14.8. The molecule has 2 amide bonds. The minimum absolute atomic E-state index is 0.0302. The van der Waals surface area contributed by atoms with E-state index in [0.29, 0.717) is 18.0 Å². The number of carbonyl (C=O) groups is 2. The molecule has 4 aliphatic rings. The van der Waals surface area contributed by atoms with E-state index in [0.717, 1.165) is 82.1 Å². The number of hydrogen-bond acceptors (Lipinski definition) is 5. The van der Waals surface area contributed by atoms with E-state index in [2.05, 4.69) is 15.5 Å². The fraction of sp³-hybridized carbons (Fsp3) is 0.714. The van der Waals surface area contributed by atoms with Crippen LogP contribution in [-0.4, -0.2) is 77.1 Å². The lowest BCUT2D eigenvalue weighted by atomic mass is 9.78. The molecule has 1 saturated heterocycles. The van der Waals surface area contributed by atoms with Crippen LogP contribution < -0.4 is 10.6 Å². The van der Waals surface area contributed by atoms with Crippen LogP contribution in [0.25, 0.3) is 0 Å². The van der Waals surface area contributed by atoms with E-state index in [9.17, 15) is 19.1 Å². The number of benzene rings is 1. The summed E-state index contributed by atoms with van der Waals surface area (Å²) >= 11 is 0. The molecule has 5 rings (SSSR count). The predicted molar refractivity (Wildman–Crippen MR) is 137 cm³/mol. The molecule has 3 fully saturated rings. The van der Waals surface area contributed by atoms with E-state index >= 15 is 0 Å². The van der Waals surface area contributed by atoms with Crippen molar-refractivity contribution < 1.29 is 19.1 Å². The van der Waals surface area contributed by atoms with E-state index in [1.54, 1.807) is 18.0 Å². The molecule has 4 atom stereocenters. The Morgan fingerprint density at radius 2 is 1.97 bits per heavy atom. The molecule has 8 heteroatoms. The number of amides is 2. The molecular weight excluding hydrogens is 459 g/mol. The topological polar surface area (TPSA) is 84.9 Å². The molecule has 0 radical (unpaired) electrons. The normalized spacial score (nSPS) is 30.7. The number of hydrogen-bond donors (Lipinski definition) is 3. The number of nitrogens with zero attached hydrogens (tertiary/aromatic N) is 2. The lowest BCUT2D eigenvalue weighted by Gasteiger charge is -2.40. The number of fused-ring (bicyclic) bond motifs is 1. The molecule has 0 bridgehead atoms. The SMILES string of the molecule is Cc1ccc(F)c2c1NC(C(=O)N[C@@H]1CCC[C@H](N3CC[C@@H](N(C)C(=O)CO)C3)C1)(C1CCCC1)C2. The molecule has 36 heavy (non-hydrogen) atoms. The maximum Gasteiger partial charge on any atom is 0.248 e. The van der Waals surface area contributed by atoms with Crippen LogP contribution in [-0.2, 0) is 16.0 Å². The average molecular weight is 501 g/mol. The highest BCUT2D eigenvalue weighted by atomic mass is 19.1. The van der Waals surface area contributed by atoms with Crippen molar-refractivity contribution in [2.75, 3.05) is 32.1 Å². The zero-order valence-electron chi connectivity index (χ0n) is 21.7. The molecule has 3 N–H and O–H groups in total. The van der Waals surface area contributed by atoms with Crippen molar-refractivity contribution in [1.29, 1.82) is 0 Å². The Hall–Kier alpha value is -2.19. The fourth-order valence-electron chi connectivity index (χ4n) is 7.29. The first-order valence-electron chi connectivity index (χ1n) is 13.8. The van der Waals surface area contributed by atoms with Gasteiger partial charge >= 0.3 is 0 Å². The molecule has 0 spiro atoms. The number of halogens is 1. The van der Waals surface area contributed by atoms with Gasteiger partial charge in [-0.05, 0) is 69.4 Å². The van der Waals surface area contributed by atoms with Crippen molar-refractivity contribution in [1.82, 2.24) is 15.1 Å². The predicted octanol–water partition coefficient (Wildman–Crippen LogP) is 2.98. The summed E-state index contributed by atoms with van der Waals surface area (Å²) in [6.07, 6.45) is 9.58. The number of aliphatic hydroxyl groups is 1. The zero-order chi connectivity index (χ0) is 25.4. The van der Waals surface area contributed by atoms with Crippen LogP contribution in [0.3, 0.4) is 0 Å². The molecule has 7 nitrogen and oxygen atoms in total. The van der Waals surface area contributed by atoms with Crippen LogP contribution in [0.1, 0.15) is 68.9 Å². The van der Waals surface area contributed by atoms with Gasteiger partial charge in [-0.1, -0.05) is 18.9 Å². The van der Waals surface area contributed by atoms with Gasteiger partial charge in [-0.25, -0.2) is 4.39 Å². The first-order valence-corrected chi connectivity index (χ1v) is 13.8. The first-order chi connectivity index (χ1) is 17.3. The number of aryl methyl sites for hydroxylation is 1. The Labute approximate surface area is 213 Å². The number of aliphatic hydroxyl groups excluding tert-OH is 1. The second-order valence-corrected chi connectivity index (χ2v) is 11.6. The van der Waals surface area contributed by atoms with Crippen LogP contribution in [0, 0.1) is 18.7 Å². The van der Waals surface area contributed by atoms with Crippen molar-refractivity contribution in [2.45, 2.75) is 94.8 Å². The Morgan fingerprint density at radius 1 is 1.19 bits per heavy atom. The van der Waals surface area contributed by atoms with Crippen LogP contribution in [0.15, 0.2) is 12.1 Å². The minimum atomic E-state index is -0.773. The van der Waals surface area contributed by atoms with E-state index in [4.69, 9.17) is 0 Å². The minimum Gasteiger partial charge on any atom is -0.387 e. The van der Waals surface area contributed by atoms with E-state index < -0.39 is 12.1 Å². The quantitative estimate of drug-likeness (QED) is 0.559. The van der Waals surface area contributed by atoms with Crippen LogP contribution in [0.2, 0.25) is 0 Å². The van der Waals surface area contributed by atoms with Crippen LogP contribution in [0.5, 0.6) is 0 Å². The van der Waals surface area contributed by atoms with Gasteiger partial charge in [-0.2, -0.15) is 0 Å². The summed E-state index contributed by atoms with van der Waals surface area (Å²) in [4.78, 5) is 30.1. The van der Waals surface area contributed by atoms with E-state index in [1.165, 1.54) is 6.07 Å². The van der Waals surface area contributed by atoms with Gasteiger partial charge in [0.25, 0.3) is 0 Å². The van der Waals surface area contributed by atoms with Crippen molar-refractivity contribution in [3.05, 3.63) is 29.1 Å². The van der Waals surface area contributed by atoms with Gasteiger partial charge in [0.05, 0.1) is 0 Å². The lowest BCUT2D eigenvalue weighted by Crippen LogP contribution is -2.59. The van der Waals surface area contributed by atoms with Crippen molar-refractivity contribution in [3.63, 3.8) is 0 Å². The maximum absolute atomic E-state index is 14.8. The molecule has 2 aliphatic carbocycles. The number of carbonyl (C=O) groups excluding carboxylic acids is 2. The molecule has 2 heterocycles. The Morgan fingerprint density at radius 3 is 2.69 bits per heavy atom. The smallest absolute Gasteiger partial charge is 0.248 e. The van der Waals surface area contributed by atoms with Gasteiger partial charge in [0.2, 0.25) is 11.8 Å². The monoisotopic (exact) mass is 500 g/mol. The summed E-state index contributed by atoms with van der Waals surface area (Å²) in [5.41, 5.74) is 1.68. The number of likely N-dealkylation sites (N-methyl/N-ethyl adjacent to an activating group) is 1. The third-order valence-electron chi connectivity index (χ3n) is 9.49. The lowest BCUT2D eigenvalue weighted by molar-refractivity contribution is -0.134. The summed E-state index contributed by atoms with van der Waals surface area (Å²) in [6.45, 7) is 3.28. The van der Waals surface area contributed by atoms with Gasteiger partial charge in [0.15, 0.2) is 0 Å². The molecule has 0 aromatic heterocycles. The van der Waals surface area contributed by atoms with Gasteiger partial charge in [-0.15, -0.1) is 0 Å². The Kier molecular flexibility index (Phi) is 7.27. The number of nitrogens with one attached hydrogen (secondary N) is 2. The Balaban J connectivity index is 1.27. The van der Waals surface area contributed by atoms with Crippen molar-refractivity contribution in [3.8, 4) is 0 Å². The van der Waals surface area contributed by atoms with Gasteiger partial charge in [0.1, 0.15) is 18.0 Å². The van der Waals surface area contributed by atoms with Crippen molar-refractivity contribution >= 4 is 17.5 Å². The van der Waals surface area contributed by atoms with Crippen molar-refractivity contribution in [2.24, 2.45) is 5.92 Å². The highest BCUT2D eigenvalue weighted by Gasteiger charge is 2.52. The largest absolute Gasteiger partial charge is 0.387 e. The number of anilines is 1. The molecule has 2 aliphatic heterocycles. The molecule has 198 valence electrons. The Bertz CT molecular complexity index is 964. The molecule has 1 aromatic carbocycles. The second-order valence-electron chi connectivity index (χ2n) is 11.6. The van der Waals surface area contributed by atoms with E-state index in [1.807, 2.05) is 6.92 Å². The number of likely N-dealkylation sites (tertiary alicyclic amines) is 1. The first kappa shape index (κ1) is 25.5. The maximum atomic E-state index is 14.8. The fourth-order valence-corrected chi connectivity index (χ4v) is 7.29. The van der Waals surface area contributed by atoms with Gasteiger partial charge in [-0.3, -0.25) is 14.5 Å². The molecule has 1 unspecified atom stereocenters. The summed E-state index contributed by atoms with van der Waals surface area (Å²) in [6, 6.07) is 3.93. The summed E-state index contributed by atoms with van der Waals surface area (Å²) in [7, 11) is 1.77. The number of rotatable bonds is 6. The van der Waals surface area contributed by atoms with Gasteiger partial charge in [0, 0.05) is 55.9 Å². The average Bonchev–Trinajstić information content (AvgIpc) is 3.65. The molecule has 1 aromatic rings. The highest BCUT2D eigenvalue weighted by molar-refractivity contribution is 5.93. The molecular formula is C28H41FN4O3. The van der Waals surface area contributed by atoms with E-state index in [-0.39, 0.29) is 35.6 Å². The van der Waals surface area contributed by atoms with Crippen LogP contribution in [0.4, 0.5) is 10.1 Å². The van der Waals surface area contributed by atoms with Crippen LogP contribution >= 0.6 is 0 Å².